The van der Waals surface area contributed by atoms with Gasteiger partial charge in [0, 0.05) is 6.42 Å². The summed E-state index contributed by atoms with van der Waals surface area (Å²) in [6, 6.07) is -0.643. The van der Waals surface area contributed by atoms with Crippen molar-refractivity contribution in [2.75, 3.05) is 6.61 Å². The van der Waals surface area contributed by atoms with Crippen LogP contribution in [0, 0.1) is 0 Å². The Kier molecular flexibility index (Phi) is 48.9. The highest BCUT2D eigenvalue weighted by molar-refractivity contribution is 5.76. The quantitative estimate of drug-likeness (QED) is 0.0423. The molecule has 0 saturated carbocycles. The average molecular weight is 834 g/mol. The van der Waals surface area contributed by atoms with Gasteiger partial charge in [-0.05, 0) is 77.0 Å². The van der Waals surface area contributed by atoms with E-state index >= 15 is 0 Å². The van der Waals surface area contributed by atoms with Crippen molar-refractivity contribution in [1.82, 2.24) is 5.32 Å². The van der Waals surface area contributed by atoms with Crippen LogP contribution in [0.1, 0.15) is 245 Å². The summed E-state index contributed by atoms with van der Waals surface area (Å²) in [6.45, 7) is 4.19. The second-order valence-electron chi connectivity index (χ2n) is 17.2. The molecule has 60 heavy (non-hydrogen) atoms. The van der Waals surface area contributed by atoms with Gasteiger partial charge in [-0.2, -0.15) is 0 Å². The van der Waals surface area contributed by atoms with E-state index in [1.54, 1.807) is 6.08 Å². The fraction of sp³-hybridized carbons (Fsp3) is 0.732. The predicted molar refractivity (Wildman–Crippen MR) is 267 cm³/mol. The Hall–Kier alpha value is -2.43. The molecule has 0 spiro atoms. The van der Waals surface area contributed by atoms with Crippen LogP contribution in [0.5, 0.6) is 0 Å². The molecule has 346 valence electrons. The highest BCUT2D eigenvalue weighted by Gasteiger charge is 2.17. The van der Waals surface area contributed by atoms with E-state index in [4.69, 9.17) is 0 Å². The lowest BCUT2D eigenvalue weighted by molar-refractivity contribution is -0.123. The molecule has 0 aromatic heterocycles. The molecule has 0 heterocycles. The second kappa shape index (κ2) is 50.9. The van der Waals surface area contributed by atoms with Gasteiger partial charge in [0.25, 0.3) is 0 Å². The number of aliphatic hydroxyl groups is 2. The lowest BCUT2D eigenvalue weighted by atomic mass is 10.0. The third-order valence-corrected chi connectivity index (χ3v) is 11.4. The summed E-state index contributed by atoms with van der Waals surface area (Å²) in [5.74, 6) is -0.0758. The number of aliphatic hydroxyl groups excluding tert-OH is 2. The molecule has 4 nitrogen and oxygen atoms in total. The lowest BCUT2D eigenvalue weighted by Crippen LogP contribution is -2.45. The molecule has 0 radical (unpaired) electrons. The third-order valence-electron chi connectivity index (χ3n) is 11.4. The Labute approximate surface area is 373 Å². The monoisotopic (exact) mass is 834 g/mol. The van der Waals surface area contributed by atoms with Crippen LogP contribution in [0.25, 0.3) is 0 Å². The topological polar surface area (TPSA) is 69.6 Å². The molecule has 3 N–H and O–H groups in total. The molecule has 0 aliphatic carbocycles. The summed E-state index contributed by atoms with van der Waals surface area (Å²) >= 11 is 0. The Bertz CT molecular complexity index is 1080. The number of carbonyl (C=O) groups excluding carboxylic acids is 1. The first-order chi connectivity index (χ1) is 29.7. The van der Waals surface area contributed by atoms with E-state index in [1.165, 1.54) is 161 Å². The van der Waals surface area contributed by atoms with Crippen molar-refractivity contribution in [3.8, 4) is 0 Å². The summed E-state index contributed by atoms with van der Waals surface area (Å²) in [4.78, 5) is 12.4. The van der Waals surface area contributed by atoms with Crippen LogP contribution in [-0.4, -0.2) is 34.9 Å². The van der Waals surface area contributed by atoms with Crippen molar-refractivity contribution in [3.05, 3.63) is 85.1 Å². The summed E-state index contributed by atoms with van der Waals surface area (Å²) in [6.07, 6.45) is 74.4. The minimum atomic E-state index is -0.865. The number of allylic oxidation sites excluding steroid dienone is 13. The highest BCUT2D eigenvalue weighted by atomic mass is 16.3. The first kappa shape index (κ1) is 57.6. The third kappa shape index (κ3) is 46.6. The van der Waals surface area contributed by atoms with Crippen molar-refractivity contribution < 1.29 is 15.0 Å². The number of nitrogens with one attached hydrogen (secondary N) is 1. The Balaban J connectivity index is 3.55. The van der Waals surface area contributed by atoms with Gasteiger partial charge in [0.05, 0.1) is 18.8 Å². The van der Waals surface area contributed by atoms with Gasteiger partial charge in [0.15, 0.2) is 0 Å². The first-order valence-corrected chi connectivity index (χ1v) is 25.8. The van der Waals surface area contributed by atoms with E-state index in [9.17, 15) is 15.0 Å². The molecular formula is C56H99NO3. The van der Waals surface area contributed by atoms with E-state index in [2.05, 4.69) is 92.1 Å². The van der Waals surface area contributed by atoms with Crippen molar-refractivity contribution in [3.63, 3.8) is 0 Å². The van der Waals surface area contributed by atoms with Crippen molar-refractivity contribution in [2.45, 2.75) is 257 Å². The maximum Gasteiger partial charge on any atom is 0.220 e. The molecule has 1 amide bonds. The van der Waals surface area contributed by atoms with Gasteiger partial charge < -0.3 is 15.5 Å². The van der Waals surface area contributed by atoms with Crippen molar-refractivity contribution in [1.29, 1.82) is 0 Å². The highest BCUT2D eigenvalue weighted by Crippen LogP contribution is 2.15. The van der Waals surface area contributed by atoms with Gasteiger partial charge in [0.1, 0.15) is 0 Å². The largest absolute Gasteiger partial charge is 0.394 e. The van der Waals surface area contributed by atoms with Gasteiger partial charge in [0.2, 0.25) is 5.91 Å². The zero-order chi connectivity index (χ0) is 43.5. The molecular weight excluding hydrogens is 735 g/mol. The van der Waals surface area contributed by atoms with Crippen LogP contribution < -0.4 is 5.32 Å². The van der Waals surface area contributed by atoms with Gasteiger partial charge in [-0.25, -0.2) is 0 Å². The van der Waals surface area contributed by atoms with Crippen LogP contribution in [0.2, 0.25) is 0 Å². The van der Waals surface area contributed by atoms with Crippen LogP contribution in [-0.2, 0) is 4.79 Å². The van der Waals surface area contributed by atoms with Crippen molar-refractivity contribution in [2.24, 2.45) is 0 Å². The predicted octanol–water partition coefficient (Wildman–Crippen LogP) is 16.8. The van der Waals surface area contributed by atoms with Crippen LogP contribution in [0.3, 0.4) is 0 Å². The zero-order valence-electron chi connectivity index (χ0n) is 39.7. The van der Waals surface area contributed by atoms with E-state index in [0.29, 0.717) is 6.42 Å². The van der Waals surface area contributed by atoms with Crippen molar-refractivity contribution >= 4 is 5.91 Å². The van der Waals surface area contributed by atoms with Crippen LogP contribution in [0.15, 0.2) is 85.1 Å². The zero-order valence-corrected chi connectivity index (χ0v) is 39.7. The smallest absolute Gasteiger partial charge is 0.220 e. The number of amides is 1. The molecule has 0 fully saturated rings. The molecule has 4 heteroatoms. The first-order valence-electron chi connectivity index (χ1n) is 25.8. The minimum Gasteiger partial charge on any atom is -0.394 e. The normalized spacial score (nSPS) is 13.6. The average Bonchev–Trinajstić information content (AvgIpc) is 3.25. The number of hydrogen-bond acceptors (Lipinski definition) is 3. The van der Waals surface area contributed by atoms with Gasteiger partial charge >= 0.3 is 0 Å². The summed E-state index contributed by atoms with van der Waals surface area (Å²) in [5, 5.41) is 23.1. The molecule has 0 rings (SSSR count). The fourth-order valence-corrected chi connectivity index (χ4v) is 7.46. The van der Waals surface area contributed by atoms with Gasteiger partial charge in [-0.1, -0.05) is 247 Å². The SMILES string of the molecule is CC/C=C\C/C=C\C/C=C\C/C=C\C/C=C\CCCCCCCCCCCCCCCCCC(=O)NC(CO)C(O)/C=C/CC/C=C/CCCCCCCCCCCCC. The second-order valence-corrected chi connectivity index (χ2v) is 17.2. The van der Waals surface area contributed by atoms with Crippen LogP contribution >= 0.6 is 0 Å². The molecule has 0 aliphatic rings. The standard InChI is InChI=1S/C56H99NO3/c1-3-5-7-9-11-13-15-17-19-21-22-23-24-25-26-27-28-29-30-31-32-33-34-36-38-40-42-44-46-48-50-52-56(60)57-54(53-58)55(59)51-49-47-45-43-41-39-37-35-20-18-16-14-12-10-8-6-4-2/h5,7,11,13,17,19,22-23,25-26,41,43,49,51,54-55,58-59H,3-4,6,8-10,12,14-16,18,20-21,24,27-40,42,44-48,50,52-53H2,1-2H3,(H,57,60)/b7-5-,13-11-,19-17-,23-22-,26-25-,43-41+,51-49+. The van der Waals surface area contributed by atoms with Gasteiger partial charge in [-0.15, -0.1) is 0 Å². The summed E-state index contributed by atoms with van der Waals surface area (Å²) < 4.78 is 0. The number of rotatable bonds is 46. The molecule has 2 unspecified atom stereocenters. The lowest BCUT2D eigenvalue weighted by Gasteiger charge is -2.19. The fourth-order valence-electron chi connectivity index (χ4n) is 7.46. The summed E-state index contributed by atoms with van der Waals surface area (Å²) in [7, 11) is 0. The number of carbonyl (C=O) groups is 1. The maximum absolute atomic E-state index is 12.4. The molecule has 0 saturated heterocycles. The molecule has 0 aromatic carbocycles. The number of unbranched alkanes of at least 4 members (excludes halogenated alkanes) is 27. The number of hydrogen-bond donors (Lipinski definition) is 3. The molecule has 0 aliphatic heterocycles. The molecule has 0 aromatic rings. The Morgan fingerprint density at radius 2 is 0.750 bits per heavy atom. The van der Waals surface area contributed by atoms with E-state index in [0.717, 1.165) is 64.2 Å². The molecule has 0 bridgehead atoms. The van der Waals surface area contributed by atoms with E-state index in [-0.39, 0.29) is 12.5 Å². The Morgan fingerprint density at radius 1 is 0.417 bits per heavy atom. The van der Waals surface area contributed by atoms with Crippen LogP contribution in [0.4, 0.5) is 0 Å². The molecule has 2 atom stereocenters. The van der Waals surface area contributed by atoms with E-state index in [1.807, 2.05) is 6.08 Å². The van der Waals surface area contributed by atoms with E-state index < -0.39 is 12.1 Å². The Morgan fingerprint density at radius 3 is 1.17 bits per heavy atom. The summed E-state index contributed by atoms with van der Waals surface area (Å²) in [5.41, 5.74) is 0. The van der Waals surface area contributed by atoms with Gasteiger partial charge in [-0.3, -0.25) is 4.79 Å². The minimum absolute atomic E-state index is 0.0758. The maximum atomic E-state index is 12.4.